The monoisotopic (exact) mass is 443 g/mol. The quantitative estimate of drug-likeness (QED) is 0.715. The second-order valence-electron chi connectivity index (χ2n) is 8.26. The van der Waals surface area contributed by atoms with E-state index in [4.69, 9.17) is 5.73 Å². The summed E-state index contributed by atoms with van der Waals surface area (Å²) in [5.74, 6) is -1.06. The van der Waals surface area contributed by atoms with E-state index in [0.717, 1.165) is 22.3 Å². The molecule has 0 unspecified atom stereocenters. The number of aryl methyl sites for hydroxylation is 3. The lowest BCUT2D eigenvalue weighted by Gasteiger charge is -2.32. The van der Waals surface area contributed by atoms with E-state index in [0.29, 0.717) is 30.0 Å². The van der Waals surface area contributed by atoms with Crippen LogP contribution in [0.5, 0.6) is 0 Å². The molecule has 0 aliphatic carbocycles. The van der Waals surface area contributed by atoms with Crippen LogP contribution in [0.15, 0.2) is 41.3 Å². The Labute approximate surface area is 183 Å². The zero-order valence-corrected chi connectivity index (χ0v) is 19.0. The van der Waals surface area contributed by atoms with Crippen molar-refractivity contribution in [2.24, 2.45) is 11.7 Å². The van der Waals surface area contributed by atoms with Crippen LogP contribution in [0.25, 0.3) is 0 Å². The Kier molecular flexibility index (Phi) is 6.81. The maximum Gasteiger partial charge on any atom is 0.243 e. The lowest BCUT2D eigenvalue weighted by Crippen LogP contribution is -2.44. The standard InChI is InChI=1S/C23H29N3O4S/c1-15-11-16(2)22(17(3)12-15)31(29,30)26-10-4-5-19(14-26)23(28)25-20-8-6-18(7-9-20)13-21(24)27/h6-9,11-12,19H,4-5,10,13-14H2,1-3H3,(H2,24,27)(H,25,28)/t19-/m0/s1. The number of anilines is 1. The van der Waals surface area contributed by atoms with E-state index in [9.17, 15) is 18.0 Å². The van der Waals surface area contributed by atoms with Crippen molar-refractivity contribution >= 4 is 27.5 Å². The molecule has 0 saturated carbocycles. The first-order valence-corrected chi connectivity index (χ1v) is 11.8. The maximum absolute atomic E-state index is 13.3. The van der Waals surface area contributed by atoms with Crippen LogP contribution in [-0.2, 0) is 26.0 Å². The van der Waals surface area contributed by atoms with E-state index >= 15 is 0 Å². The highest BCUT2D eigenvalue weighted by molar-refractivity contribution is 7.89. The lowest BCUT2D eigenvalue weighted by atomic mass is 9.98. The summed E-state index contributed by atoms with van der Waals surface area (Å²) in [6.07, 6.45) is 1.39. The molecule has 0 radical (unpaired) electrons. The molecule has 7 nitrogen and oxygen atoms in total. The number of piperidine rings is 1. The van der Waals surface area contributed by atoms with Gasteiger partial charge >= 0.3 is 0 Å². The number of hydrogen-bond donors (Lipinski definition) is 2. The number of amides is 2. The molecule has 1 aliphatic rings. The van der Waals surface area contributed by atoms with Gasteiger partial charge in [-0.05, 0) is 62.4 Å². The van der Waals surface area contributed by atoms with Crippen LogP contribution in [0.1, 0.15) is 35.1 Å². The number of nitrogens with one attached hydrogen (secondary N) is 1. The summed E-state index contributed by atoms with van der Waals surface area (Å²) in [5, 5.41) is 2.86. The van der Waals surface area contributed by atoms with Crippen molar-refractivity contribution < 1.29 is 18.0 Å². The normalized spacial score (nSPS) is 17.3. The fraction of sp³-hybridized carbons (Fsp3) is 0.391. The van der Waals surface area contributed by atoms with Gasteiger partial charge < -0.3 is 11.1 Å². The lowest BCUT2D eigenvalue weighted by molar-refractivity contribution is -0.121. The topological polar surface area (TPSA) is 110 Å². The van der Waals surface area contributed by atoms with Crippen LogP contribution in [0.3, 0.4) is 0 Å². The van der Waals surface area contributed by atoms with E-state index in [-0.39, 0.29) is 18.9 Å². The molecule has 2 aromatic rings. The number of sulfonamides is 1. The summed E-state index contributed by atoms with van der Waals surface area (Å²) in [5.41, 5.74) is 9.03. The number of carbonyl (C=O) groups is 2. The highest BCUT2D eigenvalue weighted by Gasteiger charge is 2.34. The predicted octanol–water partition coefficient (Wildman–Crippen LogP) is 2.68. The van der Waals surface area contributed by atoms with Crippen molar-refractivity contribution in [2.75, 3.05) is 18.4 Å². The SMILES string of the molecule is Cc1cc(C)c(S(=O)(=O)N2CCC[C@H](C(=O)Nc3ccc(CC(N)=O)cc3)C2)c(C)c1. The Bertz CT molecular complexity index is 1070. The molecular formula is C23H29N3O4S. The fourth-order valence-electron chi connectivity index (χ4n) is 4.23. The van der Waals surface area contributed by atoms with E-state index in [1.807, 2.05) is 32.9 Å². The van der Waals surface area contributed by atoms with Crippen molar-refractivity contribution in [3.63, 3.8) is 0 Å². The predicted molar refractivity (Wildman–Crippen MR) is 120 cm³/mol. The third-order valence-corrected chi connectivity index (χ3v) is 7.73. The Morgan fingerprint density at radius 2 is 1.71 bits per heavy atom. The van der Waals surface area contributed by atoms with Gasteiger partial charge in [-0.25, -0.2) is 8.42 Å². The molecule has 0 spiro atoms. The number of hydrogen-bond acceptors (Lipinski definition) is 4. The minimum Gasteiger partial charge on any atom is -0.369 e. The van der Waals surface area contributed by atoms with Gasteiger partial charge in [-0.1, -0.05) is 29.8 Å². The number of primary amides is 1. The third kappa shape index (κ3) is 5.32. The Hall–Kier alpha value is -2.71. The first-order valence-electron chi connectivity index (χ1n) is 10.3. The van der Waals surface area contributed by atoms with Crippen molar-refractivity contribution in [1.29, 1.82) is 0 Å². The van der Waals surface area contributed by atoms with Crippen molar-refractivity contribution in [3.8, 4) is 0 Å². The molecule has 3 N–H and O–H groups in total. The average molecular weight is 444 g/mol. The largest absolute Gasteiger partial charge is 0.369 e. The van der Waals surface area contributed by atoms with Gasteiger partial charge in [0.25, 0.3) is 0 Å². The number of carbonyl (C=O) groups excluding carboxylic acids is 2. The van der Waals surface area contributed by atoms with E-state index in [1.54, 1.807) is 24.3 Å². The van der Waals surface area contributed by atoms with Gasteiger partial charge in [0.15, 0.2) is 0 Å². The molecule has 31 heavy (non-hydrogen) atoms. The molecule has 3 rings (SSSR count). The molecule has 2 amide bonds. The Morgan fingerprint density at radius 1 is 1.10 bits per heavy atom. The van der Waals surface area contributed by atoms with Gasteiger partial charge in [0.05, 0.1) is 17.2 Å². The first-order chi connectivity index (χ1) is 14.6. The highest BCUT2D eigenvalue weighted by Crippen LogP contribution is 2.29. The number of nitrogens with two attached hydrogens (primary N) is 1. The molecule has 2 aromatic carbocycles. The van der Waals surface area contributed by atoms with E-state index in [2.05, 4.69) is 5.32 Å². The summed E-state index contributed by atoms with van der Waals surface area (Å²) in [7, 11) is -3.69. The molecule has 1 fully saturated rings. The highest BCUT2D eigenvalue weighted by atomic mass is 32.2. The van der Waals surface area contributed by atoms with Gasteiger partial charge in [0.2, 0.25) is 21.8 Å². The summed E-state index contributed by atoms with van der Waals surface area (Å²) < 4.78 is 28.1. The minimum atomic E-state index is -3.69. The van der Waals surface area contributed by atoms with Crippen LogP contribution in [0.4, 0.5) is 5.69 Å². The second-order valence-corrected chi connectivity index (χ2v) is 10.1. The van der Waals surface area contributed by atoms with Crippen molar-refractivity contribution in [2.45, 2.75) is 44.9 Å². The third-order valence-electron chi connectivity index (χ3n) is 5.56. The summed E-state index contributed by atoms with van der Waals surface area (Å²) in [6.45, 7) is 6.12. The van der Waals surface area contributed by atoms with Crippen molar-refractivity contribution in [1.82, 2.24) is 4.31 Å². The van der Waals surface area contributed by atoms with Crippen LogP contribution in [-0.4, -0.2) is 37.6 Å². The molecule has 8 heteroatoms. The molecular weight excluding hydrogens is 414 g/mol. The van der Waals surface area contributed by atoms with Gasteiger partial charge in [-0.3, -0.25) is 9.59 Å². The number of benzene rings is 2. The molecule has 1 atom stereocenters. The van der Waals surface area contributed by atoms with Gasteiger partial charge in [-0.2, -0.15) is 4.31 Å². The van der Waals surface area contributed by atoms with Crippen LogP contribution in [0, 0.1) is 26.7 Å². The number of rotatable bonds is 6. The minimum absolute atomic E-state index is 0.140. The summed E-state index contributed by atoms with van der Waals surface area (Å²) in [6, 6.07) is 10.6. The smallest absolute Gasteiger partial charge is 0.243 e. The van der Waals surface area contributed by atoms with Crippen LogP contribution in [0.2, 0.25) is 0 Å². The summed E-state index contributed by atoms with van der Waals surface area (Å²) in [4.78, 5) is 24.2. The Morgan fingerprint density at radius 3 is 2.29 bits per heavy atom. The molecule has 1 heterocycles. The zero-order chi connectivity index (χ0) is 22.8. The summed E-state index contributed by atoms with van der Waals surface area (Å²) >= 11 is 0. The van der Waals surface area contributed by atoms with Crippen molar-refractivity contribution in [3.05, 3.63) is 58.7 Å². The second kappa shape index (κ2) is 9.20. The molecule has 1 saturated heterocycles. The molecule has 166 valence electrons. The average Bonchev–Trinajstić information content (AvgIpc) is 2.68. The van der Waals surface area contributed by atoms with E-state index < -0.39 is 21.8 Å². The molecule has 0 aromatic heterocycles. The maximum atomic E-state index is 13.3. The Balaban J connectivity index is 1.73. The molecule has 1 aliphatic heterocycles. The van der Waals surface area contributed by atoms with Gasteiger partial charge in [-0.15, -0.1) is 0 Å². The van der Waals surface area contributed by atoms with Gasteiger partial charge in [0, 0.05) is 18.8 Å². The number of nitrogens with zero attached hydrogens (tertiary/aromatic N) is 1. The first kappa shape index (κ1) is 23.0. The van der Waals surface area contributed by atoms with Crippen LogP contribution < -0.4 is 11.1 Å². The zero-order valence-electron chi connectivity index (χ0n) is 18.1. The fourth-order valence-corrected chi connectivity index (χ4v) is 6.16. The molecule has 0 bridgehead atoms. The van der Waals surface area contributed by atoms with Gasteiger partial charge in [0.1, 0.15) is 0 Å². The van der Waals surface area contributed by atoms with E-state index in [1.165, 1.54) is 4.31 Å². The van der Waals surface area contributed by atoms with Crippen LogP contribution >= 0.6 is 0 Å².